The van der Waals surface area contributed by atoms with E-state index in [2.05, 4.69) is 244 Å². The van der Waals surface area contributed by atoms with Crippen molar-refractivity contribution in [2.24, 2.45) is 35.5 Å². The average molecular weight is 2190 g/mol. The molecule has 15 heteroatoms. The Labute approximate surface area is 775 Å². The van der Waals surface area contributed by atoms with E-state index in [4.69, 9.17) is 13.3 Å². The van der Waals surface area contributed by atoms with Gasteiger partial charge >= 0.3 is 0 Å². The van der Waals surface area contributed by atoms with Crippen LogP contribution in [0.25, 0.3) is 101 Å². The van der Waals surface area contributed by atoms with Crippen molar-refractivity contribution in [3.05, 3.63) is 266 Å². The van der Waals surface area contributed by atoms with Crippen molar-refractivity contribution in [2.75, 3.05) is 0 Å². The van der Waals surface area contributed by atoms with Crippen molar-refractivity contribution in [1.82, 2.24) is 15.0 Å². The number of pyridine rings is 3. The summed E-state index contributed by atoms with van der Waals surface area (Å²) in [7, 11) is 0. The molecule has 0 bridgehead atoms. The van der Waals surface area contributed by atoms with Crippen LogP contribution in [-0.2, 0) is 74.7 Å². The van der Waals surface area contributed by atoms with Crippen LogP contribution in [0, 0.1) is 137 Å². The van der Waals surface area contributed by atoms with Crippen LogP contribution in [0.2, 0.25) is 0 Å². The van der Waals surface area contributed by atoms with Gasteiger partial charge in [-0.3, -0.25) is 14.4 Å². The molecular formula is C108H132Ir3N3O9-3. The van der Waals surface area contributed by atoms with E-state index >= 15 is 0 Å². The predicted octanol–water partition coefficient (Wildman–Crippen LogP) is 30.2. The standard InChI is InChI=1S/C24H22NO.C23H20NO.C22H18NO.3C13H24O2.3Ir/c1-14-6-15(2)10-19(9-14)21-11-20-12-22(26-23(20)13-25-21)24-17(4)7-16(3)8-18(24)5;1-14-5-15(2)8-18(7-14)21-11-20-12-22(25-23(20)13-24-21)19-9-16(3)6-17(4)10-19;1-14-4-6-17(7-5-14)21-12-19-11-20(23-13-22(19)24-21)18-9-15(2)8-16(3)10-18;3*1-5-10(6-2)12(14)9-13(15)11(7-3)8-4;;;/h6-9,11-13H,1-5H3;5-7,9-13H,1-4H3;4-9,11-13H,1-3H3;3*9-11,14H,5-8H2,1-4H3;;;/q3*-1;;;;;;. The van der Waals surface area contributed by atoms with Crippen LogP contribution in [0.3, 0.4) is 0 Å². The largest absolute Gasteiger partial charge is 0.512 e. The molecule has 0 amide bonds. The van der Waals surface area contributed by atoms with Crippen LogP contribution in [0.1, 0.15) is 227 Å². The maximum Gasteiger partial charge on any atom is 0.162 e. The normalized spacial score (nSPS) is 11.4. The van der Waals surface area contributed by atoms with Crippen molar-refractivity contribution < 1.29 is 103 Å². The topological polar surface area (TPSA) is 190 Å². The van der Waals surface area contributed by atoms with Gasteiger partial charge in [0.25, 0.3) is 0 Å². The van der Waals surface area contributed by atoms with Crippen LogP contribution in [0.5, 0.6) is 0 Å². The first-order valence-electron chi connectivity index (χ1n) is 43.6. The second-order valence-corrected chi connectivity index (χ2v) is 32.4. The Morgan fingerprint density at radius 1 is 0.309 bits per heavy atom. The minimum absolute atomic E-state index is 0. The molecule has 12 aromatic rings. The summed E-state index contributed by atoms with van der Waals surface area (Å²) in [5, 5.41) is 32.5. The summed E-state index contributed by atoms with van der Waals surface area (Å²) in [4.78, 5) is 48.9. The first kappa shape index (κ1) is 106. The Hall–Kier alpha value is -9.03. The molecule has 0 saturated heterocycles. The van der Waals surface area contributed by atoms with Crippen molar-refractivity contribution >= 4 is 50.3 Å². The number of aliphatic hydroxyl groups excluding tert-OH is 3. The zero-order valence-electron chi connectivity index (χ0n) is 77.2. The number of aromatic nitrogens is 3. The third kappa shape index (κ3) is 31.0. The smallest absolute Gasteiger partial charge is 0.162 e. The number of benzene rings is 6. The molecule has 0 spiro atoms. The maximum atomic E-state index is 11.7. The monoisotopic (exact) mass is 2190 g/mol. The van der Waals surface area contributed by atoms with Crippen molar-refractivity contribution in [1.29, 1.82) is 0 Å². The van der Waals surface area contributed by atoms with Crippen molar-refractivity contribution in [2.45, 2.75) is 243 Å². The van der Waals surface area contributed by atoms with E-state index < -0.39 is 0 Å². The molecule has 6 aromatic heterocycles. The molecule has 12 nitrogen and oxygen atoms in total. The van der Waals surface area contributed by atoms with E-state index in [0.717, 1.165) is 189 Å². The Morgan fingerprint density at radius 2 is 0.569 bits per heavy atom. The Kier molecular flexibility index (Phi) is 45.0. The Bertz CT molecular complexity index is 5210. The van der Waals surface area contributed by atoms with Crippen LogP contribution < -0.4 is 0 Å². The molecule has 3 N–H and O–H groups in total. The summed E-state index contributed by atoms with van der Waals surface area (Å²) >= 11 is 0. The molecule has 0 aliphatic carbocycles. The quantitative estimate of drug-likeness (QED) is 0.0251. The number of fused-ring (bicyclic) bond motifs is 3. The second kappa shape index (κ2) is 52.0. The van der Waals surface area contributed by atoms with Crippen LogP contribution in [-0.4, -0.2) is 47.6 Å². The van der Waals surface area contributed by atoms with Gasteiger partial charge in [-0.05, 0) is 177 Å². The second-order valence-electron chi connectivity index (χ2n) is 32.4. The fourth-order valence-electron chi connectivity index (χ4n) is 15.5. The number of allylic oxidation sites excluding steroid dienone is 6. The SMILES string of the molecule is CCC(CC)C(=O)C=C(O)C(CC)CC.CCC(CC)C(=O)C=C(O)C(CC)CC.CCC(CC)C(=O)C=C(O)C(CC)CC.Cc1[c-]c(-c2cc3cc(-c4c(C)cc(C)cc4C)oc3cn2)cc(C)c1.Cc1[c-]c(-c2cc3cc(-c4cc(C)cc(C)c4)oc3cn2)cc(C)c1.Cc1[c-]c(-c2cc3cc(-c4ccc(C)cc4)oc3cn2)cc(C)c1.[Ir].[Ir].[Ir]. The van der Waals surface area contributed by atoms with Gasteiger partial charge in [-0.1, -0.05) is 208 Å². The van der Waals surface area contributed by atoms with Gasteiger partial charge in [-0.2, -0.15) is 0 Å². The van der Waals surface area contributed by atoms with Gasteiger partial charge in [-0.25, -0.2) is 0 Å². The van der Waals surface area contributed by atoms with E-state index in [1.54, 1.807) is 6.20 Å². The number of aliphatic hydroxyl groups is 3. The minimum Gasteiger partial charge on any atom is -0.512 e. The fraction of sp³-hybridized carbons (Fsp3) is 0.389. The van der Waals surface area contributed by atoms with Crippen LogP contribution >= 0.6 is 0 Å². The number of hydrogen-bond donors (Lipinski definition) is 3. The maximum absolute atomic E-state index is 11.7. The number of ketones is 3. The zero-order valence-corrected chi connectivity index (χ0v) is 84.4. The van der Waals surface area contributed by atoms with Gasteiger partial charge in [0.2, 0.25) is 0 Å². The first-order chi connectivity index (χ1) is 57.3. The molecule has 6 heterocycles. The first-order valence-corrected chi connectivity index (χ1v) is 43.6. The molecule has 0 aliphatic heterocycles. The third-order valence-corrected chi connectivity index (χ3v) is 22.5. The summed E-state index contributed by atoms with van der Waals surface area (Å²) in [6, 6.07) is 54.6. The van der Waals surface area contributed by atoms with E-state index in [9.17, 15) is 29.7 Å². The number of furan rings is 3. The molecule has 6 aromatic carbocycles. The number of hydrogen-bond acceptors (Lipinski definition) is 12. The zero-order chi connectivity index (χ0) is 88.2. The molecule has 0 aliphatic rings. The van der Waals surface area contributed by atoms with Gasteiger partial charge in [-0.15, -0.1) is 105 Å². The molecule has 0 atom stereocenters. The molecule has 0 fully saturated rings. The van der Waals surface area contributed by atoms with Crippen molar-refractivity contribution in [3.8, 4) is 67.7 Å². The number of carbonyl (C=O) groups excluding carboxylic acids is 3. The molecule has 12 rings (SSSR count). The molecule has 123 heavy (non-hydrogen) atoms. The number of aryl methyl sites for hydroxylation is 12. The van der Waals surface area contributed by atoms with E-state index in [1.165, 1.54) is 73.9 Å². The summed E-state index contributed by atoms with van der Waals surface area (Å²) in [6.45, 7) is 49.4. The van der Waals surface area contributed by atoms with Gasteiger partial charge in [0, 0.05) is 147 Å². The predicted molar refractivity (Wildman–Crippen MR) is 500 cm³/mol. The molecule has 0 saturated carbocycles. The van der Waals surface area contributed by atoms with E-state index in [-0.39, 0.29) is 130 Å². The Morgan fingerprint density at radius 3 is 0.854 bits per heavy atom. The summed E-state index contributed by atoms with van der Waals surface area (Å²) < 4.78 is 18.1. The summed E-state index contributed by atoms with van der Waals surface area (Å²) in [5.74, 6) is 4.29. The third-order valence-electron chi connectivity index (χ3n) is 22.5. The Balaban J connectivity index is 0.000000314. The molecule has 0 unspecified atom stereocenters. The number of carbonyl (C=O) groups is 3. The van der Waals surface area contributed by atoms with E-state index in [0.29, 0.717) is 0 Å². The number of nitrogens with zero attached hydrogens (tertiary/aromatic N) is 3. The molecule has 3 radical (unpaired) electrons. The van der Waals surface area contributed by atoms with Gasteiger partial charge in [0.1, 0.15) is 17.3 Å². The van der Waals surface area contributed by atoms with Gasteiger partial charge < -0.3 is 43.5 Å². The van der Waals surface area contributed by atoms with Crippen LogP contribution in [0.4, 0.5) is 0 Å². The van der Waals surface area contributed by atoms with Gasteiger partial charge in [0.15, 0.2) is 34.1 Å². The van der Waals surface area contributed by atoms with E-state index in [1.807, 2.05) is 95.5 Å². The summed E-state index contributed by atoms with van der Waals surface area (Å²) in [5.41, 5.74) is 26.1. The van der Waals surface area contributed by atoms with Crippen molar-refractivity contribution in [3.63, 3.8) is 0 Å². The number of rotatable bonds is 27. The average Bonchev–Trinajstić information content (AvgIpc) is 1.66. The van der Waals surface area contributed by atoms with Gasteiger partial charge in [0.05, 0.1) is 35.9 Å². The molecular weight excluding hydrogens is 2060 g/mol. The minimum atomic E-state index is 0. The van der Waals surface area contributed by atoms with Crippen LogP contribution in [0.15, 0.2) is 195 Å². The summed E-state index contributed by atoms with van der Waals surface area (Å²) in [6.07, 6.45) is 20.1. The molecule has 663 valence electrons. The fourth-order valence-corrected chi connectivity index (χ4v) is 15.5.